The number of methoxy groups -OCH3 is 1. The van der Waals surface area contributed by atoms with Gasteiger partial charge in [0.05, 0.1) is 36.8 Å². The van der Waals surface area contributed by atoms with Crippen LogP contribution in [-0.2, 0) is 20.4 Å². The summed E-state index contributed by atoms with van der Waals surface area (Å²) in [5, 5.41) is 0. The third-order valence-electron chi connectivity index (χ3n) is 6.77. The van der Waals surface area contributed by atoms with Crippen molar-refractivity contribution in [1.82, 2.24) is 4.90 Å². The molecular formula is C26H27F3N2O6. The summed E-state index contributed by atoms with van der Waals surface area (Å²) in [6, 6.07) is 8.36. The van der Waals surface area contributed by atoms with Gasteiger partial charge in [0.15, 0.2) is 0 Å². The number of halogens is 3. The van der Waals surface area contributed by atoms with Crippen molar-refractivity contribution in [2.45, 2.75) is 43.7 Å². The molecule has 0 unspecified atom stereocenters. The Morgan fingerprint density at radius 3 is 2.49 bits per heavy atom. The molecule has 2 aliphatic rings. The Morgan fingerprint density at radius 1 is 1.14 bits per heavy atom. The smallest absolute Gasteiger partial charge is 0.416 e. The number of rotatable bonds is 4. The second kappa shape index (κ2) is 10.4. The minimum atomic E-state index is -4.50. The van der Waals surface area contributed by atoms with Gasteiger partial charge >= 0.3 is 12.1 Å². The maximum atomic E-state index is 13.4. The van der Waals surface area contributed by atoms with E-state index in [0.29, 0.717) is 24.3 Å². The predicted molar refractivity (Wildman–Crippen MR) is 127 cm³/mol. The summed E-state index contributed by atoms with van der Waals surface area (Å²) in [7, 11) is 4.47. The highest BCUT2D eigenvalue weighted by Crippen LogP contribution is 2.34. The second-order valence-electron chi connectivity index (χ2n) is 9.07. The van der Waals surface area contributed by atoms with E-state index in [0.717, 1.165) is 24.3 Å². The van der Waals surface area contributed by atoms with E-state index in [1.54, 1.807) is 24.1 Å². The van der Waals surface area contributed by atoms with E-state index in [2.05, 4.69) is 0 Å². The highest BCUT2D eigenvalue weighted by Gasteiger charge is 2.39. The van der Waals surface area contributed by atoms with Gasteiger partial charge in [-0.1, -0.05) is 0 Å². The number of ether oxygens (including phenoxy) is 3. The minimum absolute atomic E-state index is 0.0747. The Hall–Kier alpha value is -3.60. The molecule has 0 aromatic heterocycles. The van der Waals surface area contributed by atoms with Crippen molar-refractivity contribution in [2.75, 3.05) is 32.7 Å². The highest BCUT2D eigenvalue weighted by atomic mass is 19.4. The van der Waals surface area contributed by atoms with Crippen molar-refractivity contribution in [3.8, 4) is 5.75 Å². The molecule has 37 heavy (non-hydrogen) atoms. The first-order valence-electron chi connectivity index (χ1n) is 11.7. The van der Waals surface area contributed by atoms with Gasteiger partial charge in [-0.25, -0.2) is 0 Å². The van der Waals surface area contributed by atoms with E-state index < -0.39 is 23.8 Å². The summed E-state index contributed by atoms with van der Waals surface area (Å²) in [5.74, 6) is -0.906. The number of carbonyl (C=O) groups excluding carboxylic acids is 3. The Balaban J connectivity index is 1.53. The summed E-state index contributed by atoms with van der Waals surface area (Å²) in [5.41, 5.74) is -0.141. The number of anilines is 1. The molecule has 0 aliphatic carbocycles. The lowest BCUT2D eigenvalue weighted by Gasteiger charge is -2.42. The fourth-order valence-corrected chi connectivity index (χ4v) is 4.61. The number of nitrogens with zero attached hydrogens (tertiary/aromatic N) is 2. The first-order chi connectivity index (χ1) is 17.5. The topological polar surface area (TPSA) is 85.4 Å². The summed E-state index contributed by atoms with van der Waals surface area (Å²) in [6.45, 7) is 0.159. The van der Waals surface area contributed by atoms with Gasteiger partial charge < -0.3 is 24.0 Å². The zero-order valence-electron chi connectivity index (χ0n) is 20.6. The predicted octanol–water partition coefficient (Wildman–Crippen LogP) is 3.93. The van der Waals surface area contributed by atoms with Crippen LogP contribution in [0.25, 0.3) is 0 Å². The van der Waals surface area contributed by atoms with Gasteiger partial charge in [0.25, 0.3) is 11.8 Å². The molecule has 0 spiro atoms. The van der Waals surface area contributed by atoms with Crippen molar-refractivity contribution in [1.29, 1.82) is 0 Å². The SMILES string of the molecule is COC(=O)C[C@@H]1CC[C@H]2[C@H](COc3ccc(N(C)C(=O)c4ccc(C(F)(F)F)cc4)cc3C(=O)N2C)O1. The van der Waals surface area contributed by atoms with E-state index in [1.807, 2.05) is 0 Å². The quantitative estimate of drug-likeness (QED) is 0.568. The van der Waals surface area contributed by atoms with E-state index in [-0.39, 0.29) is 48.2 Å². The number of carbonyl (C=O) groups is 3. The molecule has 2 amide bonds. The van der Waals surface area contributed by atoms with E-state index in [4.69, 9.17) is 14.2 Å². The molecule has 11 heteroatoms. The molecular weight excluding hydrogens is 493 g/mol. The molecule has 0 N–H and O–H groups in total. The van der Waals surface area contributed by atoms with Crippen LogP contribution in [0.2, 0.25) is 0 Å². The molecule has 2 heterocycles. The van der Waals surface area contributed by atoms with Crippen molar-refractivity contribution >= 4 is 23.5 Å². The second-order valence-corrected chi connectivity index (χ2v) is 9.07. The van der Waals surface area contributed by atoms with Crippen LogP contribution in [0.3, 0.4) is 0 Å². The number of likely N-dealkylation sites (N-methyl/N-ethyl adjacent to an activating group) is 1. The molecule has 198 valence electrons. The van der Waals surface area contributed by atoms with Gasteiger partial charge in [-0.2, -0.15) is 13.2 Å². The zero-order valence-corrected chi connectivity index (χ0v) is 20.6. The van der Waals surface area contributed by atoms with Gasteiger partial charge in [0, 0.05) is 25.3 Å². The van der Waals surface area contributed by atoms with Crippen LogP contribution in [0.1, 0.15) is 45.5 Å². The lowest BCUT2D eigenvalue weighted by atomic mass is 9.94. The summed E-state index contributed by atoms with van der Waals surface area (Å²) < 4.78 is 55.3. The normalized spacial score (nSPS) is 21.6. The average molecular weight is 521 g/mol. The van der Waals surface area contributed by atoms with Gasteiger partial charge in [-0.15, -0.1) is 0 Å². The average Bonchev–Trinajstić information content (AvgIpc) is 2.89. The molecule has 0 bridgehead atoms. The van der Waals surface area contributed by atoms with Gasteiger partial charge in [0.2, 0.25) is 0 Å². The van der Waals surface area contributed by atoms with Crippen LogP contribution in [-0.4, -0.2) is 68.7 Å². The van der Waals surface area contributed by atoms with E-state index in [1.165, 1.54) is 25.1 Å². The molecule has 1 fully saturated rings. The highest BCUT2D eigenvalue weighted by molar-refractivity contribution is 6.07. The monoisotopic (exact) mass is 520 g/mol. The minimum Gasteiger partial charge on any atom is -0.490 e. The van der Waals surface area contributed by atoms with Crippen LogP contribution in [0.5, 0.6) is 5.75 Å². The molecule has 4 rings (SSSR count). The number of benzene rings is 2. The maximum absolute atomic E-state index is 13.4. The van der Waals surface area contributed by atoms with Crippen LogP contribution >= 0.6 is 0 Å². The van der Waals surface area contributed by atoms with Gasteiger partial charge in [0.1, 0.15) is 18.5 Å². The van der Waals surface area contributed by atoms with E-state index >= 15 is 0 Å². The summed E-state index contributed by atoms with van der Waals surface area (Å²) >= 11 is 0. The largest absolute Gasteiger partial charge is 0.490 e. The van der Waals surface area contributed by atoms with Crippen LogP contribution in [0, 0.1) is 0 Å². The molecule has 0 radical (unpaired) electrons. The Morgan fingerprint density at radius 2 is 1.84 bits per heavy atom. The number of fused-ring (bicyclic) bond motifs is 2. The molecule has 3 atom stereocenters. The van der Waals surface area contributed by atoms with Crippen molar-refractivity contribution in [3.63, 3.8) is 0 Å². The maximum Gasteiger partial charge on any atom is 0.416 e. The number of hydrogen-bond donors (Lipinski definition) is 0. The molecule has 2 aromatic rings. The Bertz CT molecular complexity index is 1180. The first-order valence-corrected chi connectivity index (χ1v) is 11.7. The standard InChI is InChI=1S/C26H27F3N2O6/c1-30(24(33)15-4-6-16(7-5-15)26(27,28)29)17-8-11-21-19(12-17)25(34)31(2)20-10-9-18(13-23(32)35-3)37-22(20)14-36-21/h4-8,11-12,18,20,22H,9-10,13-14H2,1-3H3/t18-,20-,22-/m0/s1. The van der Waals surface area contributed by atoms with Gasteiger partial charge in [-0.05, 0) is 55.3 Å². The van der Waals surface area contributed by atoms with Crippen molar-refractivity contribution in [2.24, 2.45) is 0 Å². The third kappa shape index (κ3) is 5.56. The lowest BCUT2D eigenvalue weighted by Crippen LogP contribution is -2.53. The summed E-state index contributed by atoms with van der Waals surface area (Å²) in [4.78, 5) is 40.8. The lowest BCUT2D eigenvalue weighted by molar-refractivity contribution is -0.151. The number of amides is 2. The molecule has 0 saturated carbocycles. The van der Waals surface area contributed by atoms with Crippen LogP contribution < -0.4 is 9.64 Å². The molecule has 2 aromatic carbocycles. The van der Waals surface area contributed by atoms with Crippen LogP contribution in [0.15, 0.2) is 42.5 Å². The Kier molecular flexibility index (Phi) is 7.44. The number of esters is 1. The third-order valence-corrected chi connectivity index (χ3v) is 6.77. The van der Waals surface area contributed by atoms with Crippen molar-refractivity contribution < 1.29 is 41.8 Å². The molecule has 8 nitrogen and oxygen atoms in total. The van der Waals surface area contributed by atoms with Crippen LogP contribution in [0.4, 0.5) is 18.9 Å². The molecule has 2 aliphatic heterocycles. The number of alkyl halides is 3. The van der Waals surface area contributed by atoms with E-state index in [9.17, 15) is 27.6 Å². The first kappa shape index (κ1) is 26.5. The summed E-state index contributed by atoms with van der Waals surface area (Å²) in [6.07, 6.45) is -3.96. The fraction of sp³-hybridized carbons (Fsp3) is 0.423. The van der Waals surface area contributed by atoms with Gasteiger partial charge in [-0.3, -0.25) is 14.4 Å². The zero-order chi connectivity index (χ0) is 26.9. The number of hydrogen-bond acceptors (Lipinski definition) is 6. The molecule has 1 saturated heterocycles. The Labute approximate surface area is 211 Å². The fourth-order valence-electron chi connectivity index (χ4n) is 4.61. The van der Waals surface area contributed by atoms with Crippen molar-refractivity contribution in [3.05, 3.63) is 59.2 Å².